The number of aliphatic hydroxyl groups excluding tert-OH is 1. The van der Waals surface area contributed by atoms with E-state index in [-0.39, 0.29) is 6.10 Å². The molecule has 1 nitrogen and oxygen atoms in total. The van der Waals surface area contributed by atoms with Crippen molar-refractivity contribution in [1.29, 1.82) is 0 Å². The molecule has 1 aromatic carbocycles. The molecule has 0 aliphatic rings. The standard InChI is InChI=1S/C13H20OS/c1-4-11-5-7-12(8-6-11)13(14)9-15-10(2)3/h5-8,10,13-14H,4,9H2,1-3H3. The van der Waals surface area contributed by atoms with Gasteiger partial charge in [0.1, 0.15) is 0 Å². The molecule has 2 heteroatoms. The lowest BCUT2D eigenvalue weighted by atomic mass is 10.1. The summed E-state index contributed by atoms with van der Waals surface area (Å²) in [5.41, 5.74) is 2.35. The Kier molecular flexibility index (Phi) is 5.20. The lowest BCUT2D eigenvalue weighted by Gasteiger charge is -2.12. The average Bonchev–Trinajstić information content (AvgIpc) is 2.26. The first-order chi connectivity index (χ1) is 7.13. The van der Waals surface area contributed by atoms with Gasteiger partial charge in [0.25, 0.3) is 0 Å². The third-order valence-corrected chi connectivity index (χ3v) is 3.54. The molecule has 0 radical (unpaired) electrons. The highest BCUT2D eigenvalue weighted by Gasteiger charge is 2.08. The molecule has 1 aromatic rings. The summed E-state index contributed by atoms with van der Waals surface area (Å²) in [5, 5.41) is 10.5. The van der Waals surface area contributed by atoms with Crippen LogP contribution in [-0.4, -0.2) is 16.1 Å². The molecular weight excluding hydrogens is 204 g/mol. The molecule has 0 heterocycles. The molecule has 1 rings (SSSR count). The van der Waals surface area contributed by atoms with Gasteiger partial charge in [0.15, 0.2) is 0 Å². The highest BCUT2D eigenvalue weighted by atomic mass is 32.2. The van der Waals surface area contributed by atoms with Gasteiger partial charge in [-0.1, -0.05) is 45.0 Å². The fraction of sp³-hybridized carbons (Fsp3) is 0.538. The van der Waals surface area contributed by atoms with Crippen LogP contribution in [-0.2, 0) is 6.42 Å². The van der Waals surface area contributed by atoms with Crippen LogP contribution in [0.4, 0.5) is 0 Å². The van der Waals surface area contributed by atoms with E-state index in [0.717, 1.165) is 17.7 Å². The summed E-state index contributed by atoms with van der Waals surface area (Å²) in [6.45, 7) is 6.44. The van der Waals surface area contributed by atoms with Crippen LogP contribution in [0.15, 0.2) is 24.3 Å². The maximum absolute atomic E-state index is 9.91. The average molecular weight is 224 g/mol. The molecule has 0 saturated carbocycles. The van der Waals surface area contributed by atoms with Gasteiger partial charge in [0.2, 0.25) is 0 Å². The van der Waals surface area contributed by atoms with E-state index in [1.54, 1.807) is 11.8 Å². The van der Waals surface area contributed by atoms with Crippen LogP contribution >= 0.6 is 11.8 Å². The number of thioether (sulfide) groups is 1. The molecule has 0 aliphatic carbocycles. The SMILES string of the molecule is CCc1ccc(C(O)CSC(C)C)cc1. The minimum absolute atomic E-state index is 0.330. The third kappa shape index (κ3) is 4.27. The summed E-state index contributed by atoms with van der Waals surface area (Å²) in [4.78, 5) is 0. The van der Waals surface area contributed by atoms with Crippen LogP contribution < -0.4 is 0 Å². The van der Waals surface area contributed by atoms with E-state index in [1.807, 2.05) is 12.1 Å². The van der Waals surface area contributed by atoms with E-state index in [0.29, 0.717) is 5.25 Å². The number of rotatable bonds is 5. The summed E-state index contributed by atoms with van der Waals surface area (Å²) in [5.74, 6) is 0.781. The number of aryl methyl sites for hydroxylation is 1. The van der Waals surface area contributed by atoms with E-state index in [4.69, 9.17) is 0 Å². The molecule has 1 unspecified atom stereocenters. The zero-order valence-corrected chi connectivity index (χ0v) is 10.6. The summed E-state index contributed by atoms with van der Waals surface area (Å²) >= 11 is 1.79. The fourth-order valence-corrected chi connectivity index (χ4v) is 2.11. The van der Waals surface area contributed by atoms with Gasteiger partial charge < -0.3 is 5.11 Å². The Balaban J connectivity index is 2.54. The molecule has 0 saturated heterocycles. The molecule has 0 aromatic heterocycles. The summed E-state index contributed by atoms with van der Waals surface area (Å²) < 4.78 is 0. The van der Waals surface area contributed by atoms with Crippen molar-refractivity contribution in [2.45, 2.75) is 38.5 Å². The van der Waals surface area contributed by atoms with Crippen LogP contribution in [0.2, 0.25) is 0 Å². The smallest absolute Gasteiger partial charge is 0.0880 e. The molecule has 1 atom stereocenters. The lowest BCUT2D eigenvalue weighted by molar-refractivity contribution is 0.204. The van der Waals surface area contributed by atoms with Gasteiger partial charge in [-0.2, -0.15) is 11.8 Å². The minimum atomic E-state index is -0.330. The van der Waals surface area contributed by atoms with Crippen LogP contribution in [0.3, 0.4) is 0 Å². The Bertz CT molecular complexity index is 279. The molecule has 0 amide bonds. The summed E-state index contributed by atoms with van der Waals surface area (Å²) in [6.07, 6.45) is 0.722. The minimum Gasteiger partial charge on any atom is -0.388 e. The van der Waals surface area contributed by atoms with Gasteiger partial charge in [-0.3, -0.25) is 0 Å². The monoisotopic (exact) mass is 224 g/mol. The number of aliphatic hydroxyl groups is 1. The van der Waals surface area contributed by atoms with Crippen LogP contribution in [0.25, 0.3) is 0 Å². The van der Waals surface area contributed by atoms with E-state index >= 15 is 0 Å². The van der Waals surface area contributed by atoms with Crippen molar-refractivity contribution >= 4 is 11.8 Å². The second-order valence-corrected chi connectivity index (χ2v) is 5.60. The molecular formula is C13H20OS. The zero-order valence-electron chi connectivity index (χ0n) is 9.73. The first-order valence-corrected chi connectivity index (χ1v) is 6.56. The van der Waals surface area contributed by atoms with Crippen molar-refractivity contribution in [3.8, 4) is 0 Å². The van der Waals surface area contributed by atoms with Gasteiger partial charge in [-0.05, 0) is 22.8 Å². The highest BCUT2D eigenvalue weighted by molar-refractivity contribution is 7.99. The molecule has 0 aliphatic heterocycles. The molecule has 84 valence electrons. The number of hydrogen-bond acceptors (Lipinski definition) is 2. The summed E-state index contributed by atoms with van der Waals surface area (Å²) in [7, 11) is 0. The quantitative estimate of drug-likeness (QED) is 0.827. The Labute approximate surface area is 96.9 Å². The van der Waals surface area contributed by atoms with E-state index in [1.165, 1.54) is 5.56 Å². The predicted octanol–water partition coefficient (Wildman–Crippen LogP) is 3.42. The maximum atomic E-state index is 9.91. The van der Waals surface area contributed by atoms with E-state index < -0.39 is 0 Å². The molecule has 15 heavy (non-hydrogen) atoms. The Morgan fingerprint density at radius 3 is 2.27 bits per heavy atom. The van der Waals surface area contributed by atoms with Crippen LogP contribution in [0.1, 0.15) is 38.0 Å². The third-order valence-electron chi connectivity index (χ3n) is 2.36. The van der Waals surface area contributed by atoms with Gasteiger partial charge in [-0.25, -0.2) is 0 Å². The summed E-state index contributed by atoms with van der Waals surface area (Å²) in [6, 6.07) is 8.26. The predicted molar refractivity (Wildman–Crippen MR) is 68.4 cm³/mol. The topological polar surface area (TPSA) is 20.2 Å². The Morgan fingerprint density at radius 1 is 1.20 bits per heavy atom. The number of hydrogen-bond donors (Lipinski definition) is 1. The first-order valence-electron chi connectivity index (χ1n) is 5.52. The molecule has 1 N–H and O–H groups in total. The molecule has 0 fully saturated rings. The Morgan fingerprint density at radius 2 is 1.80 bits per heavy atom. The van der Waals surface area contributed by atoms with Gasteiger partial charge >= 0.3 is 0 Å². The molecule has 0 bridgehead atoms. The van der Waals surface area contributed by atoms with Gasteiger partial charge in [0.05, 0.1) is 6.10 Å². The van der Waals surface area contributed by atoms with Crippen molar-refractivity contribution in [3.05, 3.63) is 35.4 Å². The van der Waals surface area contributed by atoms with Crippen molar-refractivity contribution in [2.24, 2.45) is 0 Å². The maximum Gasteiger partial charge on any atom is 0.0880 e. The van der Waals surface area contributed by atoms with Crippen molar-refractivity contribution in [3.63, 3.8) is 0 Å². The fourth-order valence-electron chi connectivity index (χ4n) is 1.36. The van der Waals surface area contributed by atoms with Crippen molar-refractivity contribution in [1.82, 2.24) is 0 Å². The molecule has 0 spiro atoms. The van der Waals surface area contributed by atoms with Gasteiger partial charge in [-0.15, -0.1) is 0 Å². The van der Waals surface area contributed by atoms with Crippen LogP contribution in [0, 0.1) is 0 Å². The highest BCUT2D eigenvalue weighted by Crippen LogP contribution is 2.21. The second-order valence-electron chi connectivity index (χ2n) is 3.99. The van der Waals surface area contributed by atoms with Crippen LogP contribution in [0.5, 0.6) is 0 Å². The lowest BCUT2D eigenvalue weighted by Crippen LogP contribution is -2.03. The van der Waals surface area contributed by atoms with E-state index in [9.17, 15) is 5.11 Å². The largest absolute Gasteiger partial charge is 0.388 e. The Hall–Kier alpha value is -0.470. The van der Waals surface area contributed by atoms with E-state index in [2.05, 4.69) is 32.9 Å². The zero-order chi connectivity index (χ0) is 11.3. The second kappa shape index (κ2) is 6.19. The number of benzene rings is 1. The normalized spacial score (nSPS) is 13.1. The van der Waals surface area contributed by atoms with Crippen molar-refractivity contribution in [2.75, 3.05) is 5.75 Å². The van der Waals surface area contributed by atoms with Crippen molar-refractivity contribution < 1.29 is 5.11 Å². The first kappa shape index (κ1) is 12.6. The van der Waals surface area contributed by atoms with Gasteiger partial charge in [0, 0.05) is 5.75 Å².